The number of carbonyl (C=O) groups is 1. The maximum atomic E-state index is 11.9. The average Bonchev–Trinajstić information content (AvgIpc) is 2.26. The third kappa shape index (κ3) is 4.40. The molecule has 1 amide bonds. The summed E-state index contributed by atoms with van der Waals surface area (Å²) >= 11 is 0. The van der Waals surface area contributed by atoms with Crippen LogP contribution in [0, 0.1) is 6.92 Å². The number of amides is 1. The third-order valence-corrected chi connectivity index (χ3v) is 2.43. The van der Waals surface area contributed by atoms with Gasteiger partial charge in [0.15, 0.2) is 0 Å². The number of hydrogen-bond acceptors (Lipinski definition) is 2. The van der Waals surface area contributed by atoms with Crippen molar-refractivity contribution in [1.29, 1.82) is 0 Å². The molecule has 0 atom stereocenters. The van der Waals surface area contributed by atoms with Crippen LogP contribution in [0.2, 0.25) is 0 Å². The molecule has 1 aromatic carbocycles. The molecule has 18 heavy (non-hydrogen) atoms. The highest BCUT2D eigenvalue weighted by atomic mass is 16.6. The van der Waals surface area contributed by atoms with E-state index in [2.05, 4.69) is 6.92 Å². The normalized spacial score (nSPS) is 11.2. The van der Waals surface area contributed by atoms with Crippen LogP contribution < -0.4 is 4.90 Å². The molecular formula is C15H22NO2. The van der Waals surface area contributed by atoms with Gasteiger partial charge in [0.25, 0.3) is 0 Å². The first-order valence-electron chi connectivity index (χ1n) is 6.18. The van der Waals surface area contributed by atoms with E-state index >= 15 is 0 Å². The van der Waals surface area contributed by atoms with Crippen LogP contribution in [0.3, 0.4) is 0 Å². The Morgan fingerprint density at radius 2 is 2.06 bits per heavy atom. The van der Waals surface area contributed by atoms with E-state index in [9.17, 15) is 4.79 Å². The Morgan fingerprint density at radius 3 is 2.61 bits per heavy atom. The summed E-state index contributed by atoms with van der Waals surface area (Å²) in [4.78, 5) is 13.4. The van der Waals surface area contributed by atoms with Gasteiger partial charge in [0.2, 0.25) is 0 Å². The number of anilines is 1. The van der Waals surface area contributed by atoms with Gasteiger partial charge in [-0.3, -0.25) is 4.90 Å². The summed E-state index contributed by atoms with van der Waals surface area (Å²) < 4.78 is 5.33. The number of rotatable bonds is 3. The number of nitrogens with zero attached hydrogens (tertiary/aromatic N) is 1. The Kier molecular flexibility index (Phi) is 4.76. The average molecular weight is 248 g/mol. The zero-order valence-electron chi connectivity index (χ0n) is 11.7. The predicted octanol–water partition coefficient (Wildman–Crippen LogP) is 3.82. The van der Waals surface area contributed by atoms with Gasteiger partial charge in [-0.15, -0.1) is 0 Å². The monoisotopic (exact) mass is 248 g/mol. The van der Waals surface area contributed by atoms with Crippen LogP contribution in [0.15, 0.2) is 24.3 Å². The van der Waals surface area contributed by atoms with Gasteiger partial charge in [0.1, 0.15) is 5.60 Å². The number of benzene rings is 1. The molecule has 1 radical (unpaired) electrons. The van der Waals surface area contributed by atoms with Gasteiger partial charge in [-0.1, -0.05) is 19.1 Å². The van der Waals surface area contributed by atoms with E-state index in [1.807, 2.05) is 45.0 Å². The van der Waals surface area contributed by atoms with Crippen LogP contribution in [0.4, 0.5) is 10.5 Å². The summed E-state index contributed by atoms with van der Waals surface area (Å²) in [6.45, 7) is 9.41. The van der Waals surface area contributed by atoms with Crippen molar-refractivity contribution in [2.45, 2.75) is 39.2 Å². The van der Waals surface area contributed by atoms with E-state index in [-0.39, 0.29) is 6.09 Å². The molecule has 0 aliphatic carbocycles. The van der Waals surface area contributed by atoms with E-state index in [1.54, 1.807) is 7.05 Å². The first-order valence-corrected chi connectivity index (χ1v) is 6.18. The molecule has 0 spiro atoms. The molecule has 3 heteroatoms. The van der Waals surface area contributed by atoms with Gasteiger partial charge in [-0.2, -0.15) is 0 Å². The molecule has 1 rings (SSSR count). The minimum atomic E-state index is -0.476. The minimum Gasteiger partial charge on any atom is -0.443 e. The van der Waals surface area contributed by atoms with E-state index in [4.69, 9.17) is 4.74 Å². The van der Waals surface area contributed by atoms with Crippen molar-refractivity contribution in [2.24, 2.45) is 0 Å². The highest BCUT2D eigenvalue weighted by Crippen LogP contribution is 2.18. The maximum Gasteiger partial charge on any atom is 0.414 e. The second kappa shape index (κ2) is 5.89. The molecule has 0 unspecified atom stereocenters. The Labute approximate surface area is 110 Å². The minimum absolute atomic E-state index is 0.339. The fourth-order valence-electron chi connectivity index (χ4n) is 1.56. The number of carbonyl (C=O) groups excluding carboxylic acids is 1. The Hall–Kier alpha value is -1.51. The molecule has 0 aliphatic rings. The molecule has 1 aromatic rings. The van der Waals surface area contributed by atoms with Crippen LogP contribution >= 0.6 is 0 Å². The molecule has 0 bridgehead atoms. The van der Waals surface area contributed by atoms with E-state index in [0.29, 0.717) is 0 Å². The van der Waals surface area contributed by atoms with Crippen LogP contribution in [-0.2, 0) is 11.2 Å². The second-order valence-corrected chi connectivity index (χ2v) is 5.31. The summed E-state index contributed by atoms with van der Waals surface area (Å²) in [7, 11) is 1.72. The Bertz CT molecular complexity index is 407. The molecule has 0 aliphatic heterocycles. The summed E-state index contributed by atoms with van der Waals surface area (Å²) in [5, 5.41) is 0. The smallest absolute Gasteiger partial charge is 0.414 e. The van der Waals surface area contributed by atoms with Gasteiger partial charge in [-0.05, 0) is 51.3 Å². The van der Waals surface area contributed by atoms with Crippen LogP contribution in [0.25, 0.3) is 0 Å². The summed E-state index contributed by atoms with van der Waals surface area (Å²) in [5.74, 6) is 0. The summed E-state index contributed by atoms with van der Waals surface area (Å²) in [6, 6.07) is 7.88. The second-order valence-electron chi connectivity index (χ2n) is 5.31. The quantitative estimate of drug-likeness (QED) is 0.813. The van der Waals surface area contributed by atoms with Gasteiger partial charge < -0.3 is 4.74 Å². The lowest BCUT2D eigenvalue weighted by molar-refractivity contribution is 0.0589. The van der Waals surface area contributed by atoms with Crippen molar-refractivity contribution in [3.8, 4) is 0 Å². The van der Waals surface area contributed by atoms with E-state index in [0.717, 1.165) is 18.5 Å². The molecular weight excluding hydrogens is 226 g/mol. The van der Waals surface area contributed by atoms with E-state index in [1.165, 1.54) is 10.5 Å². The van der Waals surface area contributed by atoms with E-state index < -0.39 is 5.60 Å². The van der Waals surface area contributed by atoms with Crippen molar-refractivity contribution in [2.75, 3.05) is 11.9 Å². The first kappa shape index (κ1) is 14.6. The first-order chi connectivity index (χ1) is 8.33. The van der Waals surface area contributed by atoms with Gasteiger partial charge >= 0.3 is 6.09 Å². The fourth-order valence-corrected chi connectivity index (χ4v) is 1.56. The maximum absolute atomic E-state index is 11.9. The van der Waals surface area contributed by atoms with Gasteiger partial charge in [0, 0.05) is 12.7 Å². The molecule has 0 aromatic heterocycles. The SMILES string of the molecule is [CH2]CCc1cccc(N(C)C(=O)OC(C)(C)C)c1. The van der Waals surface area contributed by atoms with Crippen LogP contribution in [-0.4, -0.2) is 18.7 Å². The highest BCUT2D eigenvalue weighted by molar-refractivity contribution is 5.87. The van der Waals surface area contributed by atoms with Gasteiger partial charge in [0.05, 0.1) is 0 Å². The Balaban J connectivity index is 2.80. The zero-order valence-corrected chi connectivity index (χ0v) is 11.7. The fraction of sp³-hybridized carbons (Fsp3) is 0.467. The lowest BCUT2D eigenvalue weighted by Gasteiger charge is -2.25. The molecule has 0 N–H and O–H groups in total. The zero-order chi connectivity index (χ0) is 13.8. The van der Waals surface area contributed by atoms with Crippen molar-refractivity contribution < 1.29 is 9.53 Å². The predicted molar refractivity (Wildman–Crippen MR) is 74.8 cm³/mol. The molecule has 0 heterocycles. The topological polar surface area (TPSA) is 29.5 Å². The molecule has 0 saturated carbocycles. The van der Waals surface area contributed by atoms with Crippen LogP contribution in [0.1, 0.15) is 32.8 Å². The third-order valence-electron chi connectivity index (χ3n) is 2.43. The Morgan fingerprint density at radius 1 is 1.39 bits per heavy atom. The lowest BCUT2D eigenvalue weighted by Crippen LogP contribution is -2.34. The molecule has 0 saturated heterocycles. The number of aryl methyl sites for hydroxylation is 1. The molecule has 3 nitrogen and oxygen atoms in total. The summed E-state index contributed by atoms with van der Waals surface area (Å²) in [5.41, 5.74) is 1.55. The summed E-state index contributed by atoms with van der Waals surface area (Å²) in [6.07, 6.45) is 1.42. The van der Waals surface area contributed by atoms with Crippen LogP contribution in [0.5, 0.6) is 0 Å². The molecule has 99 valence electrons. The number of ether oxygens (including phenoxy) is 1. The highest BCUT2D eigenvalue weighted by Gasteiger charge is 2.20. The standard InChI is InChI=1S/C15H22NO2/c1-6-8-12-9-7-10-13(11-12)16(5)14(17)18-15(2,3)4/h7,9-11H,1,6,8H2,2-5H3. The van der Waals surface area contributed by atoms with Crippen molar-refractivity contribution >= 4 is 11.8 Å². The number of hydrogen-bond donors (Lipinski definition) is 0. The van der Waals surface area contributed by atoms with Crippen molar-refractivity contribution in [3.05, 3.63) is 36.8 Å². The van der Waals surface area contributed by atoms with Crippen molar-refractivity contribution in [1.82, 2.24) is 0 Å². The molecule has 0 fully saturated rings. The lowest BCUT2D eigenvalue weighted by atomic mass is 10.1. The largest absolute Gasteiger partial charge is 0.443 e. The van der Waals surface area contributed by atoms with Gasteiger partial charge in [-0.25, -0.2) is 4.79 Å². The van der Waals surface area contributed by atoms with Crippen molar-refractivity contribution in [3.63, 3.8) is 0 Å².